The Labute approximate surface area is 298 Å². The third kappa shape index (κ3) is 9.16. The molecule has 0 saturated heterocycles. The van der Waals surface area contributed by atoms with E-state index >= 15 is 0 Å². The molecule has 0 bridgehead atoms. The van der Waals surface area contributed by atoms with E-state index in [1.54, 1.807) is 36.4 Å². The molecule has 1 aliphatic carbocycles. The van der Waals surface area contributed by atoms with Crippen LogP contribution < -0.4 is 4.90 Å². The van der Waals surface area contributed by atoms with Crippen LogP contribution in [0.5, 0.6) is 0 Å². The van der Waals surface area contributed by atoms with Crippen LogP contribution in [-0.2, 0) is 43.4 Å². The molecule has 0 heterocycles. The maximum atomic E-state index is 12.5. The fourth-order valence-electron chi connectivity index (χ4n) is 5.87. The Morgan fingerprint density at radius 1 is 0.647 bits per heavy atom. The Kier molecular flexibility index (Phi) is 11.2. The van der Waals surface area contributed by atoms with Crippen molar-refractivity contribution in [1.29, 1.82) is 0 Å². The second kappa shape index (κ2) is 15.3. The van der Waals surface area contributed by atoms with Crippen molar-refractivity contribution in [2.45, 2.75) is 41.6 Å². The standard InChI is InChI=1S/C37H36N2O9S3/c1-3-38(25-27-9-7-11-33(23-27)49(40,41)42)31-19-15-29(16-20-31)37(35-13-5-6-14-36(35)51(46,47)48)30-17-21-32(22-18-30)39(4-2)26-28-10-8-12-34(24-28)50(43,44)45/h5-24H,3-4,25-26H2,1-2H3,(H2-,40,41,42,43,44,45,46,47,48)/p+1. The van der Waals surface area contributed by atoms with Gasteiger partial charge >= 0.3 is 0 Å². The molecule has 1 aliphatic rings. The second-order valence-corrected chi connectivity index (χ2v) is 15.9. The van der Waals surface area contributed by atoms with Gasteiger partial charge in [0.05, 0.1) is 9.79 Å². The molecule has 4 aromatic rings. The van der Waals surface area contributed by atoms with Gasteiger partial charge in [-0.3, -0.25) is 13.7 Å². The van der Waals surface area contributed by atoms with Crippen LogP contribution >= 0.6 is 0 Å². The van der Waals surface area contributed by atoms with Crippen LogP contribution in [0.4, 0.5) is 5.69 Å². The van der Waals surface area contributed by atoms with Crippen molar-refractivity contribution < 1.29 is 43.5 Å². The number of benzene rings is 4. The minimum atomic E-state index is -4.60. The van der Waals surface area contributed by atoms with Gasteiger partial charge in [-0.25, -0.2) is 4.58 Å². The van der Waals surface area contributed by atoms with Gasteiger partial charge < -0.3 is 4.90 Å². The molecule has 0 spiro atoms. The molecule has 266 valence electrons. The third-order valence-corrected chi connectivity index (χ3v) is 11.0. The zero-order valence-corrected chi connectivity index (χ0v) is 30.2. The smallest absolute Gasteiger partial charge is 0.295 e. The zero-order chi connectivity index (χ0) is 37.0. The highest BCUT2D eigenvalue weighted by Gasteiger charge is 2.22. The van der Waals surface area contributed by atoms with Gasteiger partial charge in [-0.05, 0) is 90.7 Å². The van der Waals surface area contributed by atoms with Gasteiger partial charge in [-0.15, -0.1) is 0 Å². The highest BCUT2D eigenvalue weighted by molar-refractivity contribution is 7.86. The summed E-state index contributed by atoms with van der Waals surface area (Å²) in [6, 6.07) is 25.8. The fraction of sp³-hybridized carbons (Fsp3) is 0.162. The third-order valence-electron chi connectivity index (χ3n) is 8.38. The lowest BCUT2D eigenvalue weighted by molar-refractivity contribution is -0.539. The fourth-order valence-corrected chi connectivity index (χ4v) is 7.67. The molecule has 0 aromatic heterocycles. The van der Waals surface area contributed by atoms with Gasteiger partial charge in [0.25, 0.3) is 30.4 Å². The molecule has 11 nitrogen and oxygen atoms in total. The van der Waals surface area contributed by atoms with E-state index in [0.29, 0.717) is 59.6 Å². The highest BCUT2D eigenvalue weighted by Crippen LogP contribution is 2.35. The number of hydrogen-bond acceptors (Lipinski definition) is 7. The van der Waals surface area contributed by atoms with E-state index in [2.05, 4.69) is 0 Å². The average Bonchev–Trinajstić information content (AvgIpc) is 3.10. The monoisotopic (exact) mass is 749 g/mol. The largest absolute Gasteiger partial charge is 0.367 e. The molecule has 0 amide bonds. The maximum absolute atomic E-state index is 12.5. The predicted octanol–water partition coefficient (Wildman–Crippen LogP) is 6.05. The van der Waals surface area contributed by atoms with Crippen molar-refractivity contribution in [3.8, 4) is 0 Å². The average molecular weight is 750 g/mol. The quantitative estimate of drug-likeness (QED) is 0.114. The van der Waals surface area contributed by atoms with E-state index in [1.165, 1.54) is 36.4 Å². The summed E-state index contributed by atoms with van der Waals surface area (Å²) >= 11 is 0. The van der Waals surface area contributed by atoms with Crippen molar-refractivity contribution in [2.24, 2.45) is 0 Å². The summed E-state index contributed by atoms with van der Waals surface area (Å²) in [7, 11) is -13.3. The summed E-state index contributed by atoms with van der Waals surface area (Å²) in [4.78, 5) is 1.37. The van der Waals surface area contributed by atoms with Gasteiger partial charge in [0.15, 0.2) is 12.3 Å². The van der Waals surface area contributed by atoms with Gasteiger partial charge in [-0.2, -0.15) is 25.3 Å². The van der Waals surface area contributed by atoms with Crippen molar-refractivity contribution in [3.05, 3.63) is 149 Å². The molecule has 3 N–H and O–H groups in total. The molecule has 14 heteroatoms. The number of anilines is 1. The Morgan fingerprint density at radius 2 is 1.22 bits per heavy atom. The van der Waals surface area contributed by atoms with E-state index in [1.807, 2.05) is 71.9 Å². The number of hydrogen-bond donors (Lipinski definition) is 3. The van der Waals surface area contributed by atoms with Crippen molar-refractivity contribution in [3.63, 3.8) is 0 Å². The van der Waals surface area contributed by atoms with E-state index in [-0.39, 0.29) is 14.7 Å². The van der Waals surface area contributed by atoms with E-state index < -0.39 is 30.4 Å². The minimum absolute atomic E-state index is 0.192. The molecular weight excluding hydrogens is 713 g/mol. The SMILES string of the molecule is CCN(Cc1cccc(S(=O)(=O)O)c1)c1ccc(C(=C2C=CC(=[N+](CC)Cc3cccc(S(=O)(=O)O)c3)C=C2)c2ccccc2S(=O)(=O)O)cc1. The van der Waals surface area contributed by atoms with Crippen LogP contribution in [0, 0.1) is 0 Å². The van der Waals surface area contributed by atoms with Crippen LogP contribution in [-0.4, -0.2) is 62.3 Å². The molecule has 0 saturated carbocycles. The number of rotatable bonds is 12. The van der Waals surface area contributed by atoms with Gasteiger partial charge in [0.1, 0.15) is 11.4 Å². The summed E-state index contributed by atoms with van der Waals surface area (Å²) in [6.45, 7) is 5.77. The minimum Gasteiger partial charge on any atom is -0.367 e. The van der Waals surface area contributed by atoms with Crippen molar-refractivity contribution >= 4 is 47.3 Å². The molecular formula is C37H37N2O9S3+. The lowest BCUT2D eigenvalue weighted by Crippen LogP contribution is -2.22. The zero-order valence-electron chi connectivity index (χ0n) is 27.8. The number of allylic oxidation sites excluding steroid dienone is 5. The Morgan fingerprint density at radius 3 is 1.76 bits per heavy atom. The second-order valence-electron chi connectivity index (χ2n) is 11.7. The summed E-state index contributed by atoms with van der Waals surface area (Å²) in [5, 5.41) is 0. The summed E-state index contributed by atoms with van der Waals surface area (Å²) in [5.74, 6) is 0. The van der Waals surface area contributed by atoms with E-state index in [4.69, 9.17) is 0 Å². The van der Waals surface area contributed by atoms with Gasteiger partial charge in [0.2, 0.25) is 0 Å². The Balaban J connectivity index is 1.54. The lowest BCUT2D eigenvalue weighted by atomic mass is 9.90. The van der Waals surface area contributed by atoms with Crippen LogP contribution in [0.2, 0.25) is 0 Å². The summed E-state index contributed by atoms with van der Waals surface area (Å²) in [6.07, 6.45) is 7.43. The van der Waals surface area contributed by atoms with Crippen molar-refractivity contribution in [2.75, 3.05) is 18.0 Å². The Hall–Kier alpha value is -4.70. The molecule has 0 atom stereocenters. The molecule has 0 unspecified atom stereocenters. The maximum Gasteiger partial charge on any atom is 0.295 e. The van der Waals surface area contributed by atoms with Crippen LogP contribution in [0.15, 0.2) is 142 Å². The lowest BCUT2D eigenvalue weighted by Gasteiger charge is -2.24. The first-order chi connectivity index (χ1) is 24.1. The van der Waals surface area contributed by atoms with E-state index in [0.717, 1.165) is 11.4 Å². The molecule has 0 aliphatic heterocycles. The number of nitrogens with zero attached hydrogens (tertiary/aromatic N) is 2. The van der Waals surface area contributed by atoms with Crippen LogP contribution in [0.1, 0.15) is 36.1 Å². The molecule has 5 rings (SSSR count). The van der Waals surface area contributed by atoms with Crippen LogP contribution in [0.25, 0.3) is 5.57 Å². The Bertz CT molecular complexity index is 2400. The van der Waals surface area contributed by atoms with Crippen LogP contribution in [0.3, 0.4) is 0 Å². The normalized spacial score (nSPS) is 13.4. The summed E-state index contributed by atoms with van der Waals surface area (Å²) < 4.78 is 103. The van der Waals surface area contributed by atoms with Crippen molar-refractivity contribution in [1.82, 2.24) is 0 Å². The first-order valence-corrected chi connectivity index (χ1v) is 20.2. The topological polar surface area (TPSA) is 169 Å². The van der Waals surface area contributed by atoms with Gasteiger partial charge in [-0.1, -0.05) is 54.6 Å². The van der Waals surface area contributed by atoms with E-state index in [9.17, 15) is 38.9 Å². The molecule has 51 heavy (non-hydrogen) atoms. The first kappa shape index (κ1) is 37.6. The summed E-state index contributed by atoms with van der Waals surface area (Å²) in [5.41, 5.74) is 5.16. The van der Waals surface area contributed by atoms with Gasteiger partial charge in [0, 0.05) is 42.1 Å². The molecule has 0 radical (unpaired) electrons. The molecule has 4 aromatic carbocycles. The highest BCUT2D eigenvalue weighted by atomic mass is 32.2. The molecule has 0 fully saturated rings. The first-order valence-electron chi connectivity index (χ1n) is 15.9. The predicted molar refractivity (Wildman–Crippen MR) is 196 cm³/mol.